The molecular formula is C19H19N3O4S. The minimum absolute atomic E-state index is 0.0614. The molecule has 7 nitrogen and oxygen atoms in total. The zero-order chi connectivity index (χ0) is 19.2. The molecule has 4 rings (SSSR count). The van der Waals surface area contributed by atoms with Gasteiger partial charge in [0.15, 0.2) is 9.84 Å². The maximum absolute atomic E-state index is 13.1. The SMILES string of the molecule is Cc1noc2nc(-c3ccccc3)cc(C(=O)NC3(C)CCS(=O)(=O)C3)c12. The van der Waals surface area contributed by atoms with E-state index >= 15 is 0 Å². The highest BCUT2D eigenvalue weighted by Gasteiger charge is 2.40. The smallest absolute Gasteiger partial charge is 0.259 e. The first kappa shape index (κ1) is 17.7. The summed E-state index contributed by atoms with van der Waals surface area (Å²) in [6.45, 7) is 3.50. The van der Waals surface area contributed by atoms with Crippen LogP contribution in [0.3, 0.4) is 0 Å². The fraction of sp³-hybridized carbons (Fsp3) is 0.316. The van der Waals surface area contributed by atoms with Crippen molar-refractivity contribution in [2.45, 2.75) is 25.8 Å². The number of hydrogen-bond acceptors (Lipinski definition) is 6. The molecule has 140 valence electrons. The lowest BCUT2D eigenvalue weighted by molar-refractivity contribution is 0.0917. The predicted octanol–water partition coefficient (Wildman–Crippen LogP) is 2.51. The van der Waals surface area contributed by atoms with Gasteiger partial charge in [0.2, 0.25) is 0 Å². The largest absolute Gasteiger partial charge is 0.346 e. The Bertz CT molecular complexity index is 1140. The second kappa shape index (κ2) is 6.16. The molecule has 0 aliphatic carbocycles. The molecule has 0 radical (unpaired) electrons. The third-order valence-corrected chi connectivity index (χ3v) is 6.75. The molecule has 1 N–H and O–H groups in total. The predicted molar refractivity (Wildman–Crippen MR) is 101 cm³/mol. The molecule has 1 saturated heterocycles. The zero-order valence-electron chi connectivity index (χ0n) is 15.0. The Hall–Kier alpha value is -2.74. The zero-order valence-corrected chi connectivity index (χ0v) is 15.8. The summed E-state index contributed by atoms with van der Waals surface area (Å²) in [6.07, 6.45) is 0.392. The van der Waals surface area contributed by atoms with Crippen molar-refractivity contribution < 1.29 is 17.7 Å². The van der Waals surface area contributed by atoms with Gasteiger partial charge < -0.3 is 9.84 Å². The van der Waals surface area contributed by atoms with E-state index in [2.05, 4.69) is 15.5 Å². The number of sulfone groups is 1. The van der Waals surface area contributed by atoms with Gasteiger partial charge >= 0.3 is 0 Å². The molecule has 1 aromatic carbocycles. The molecule has 2 aromatic heterocycles. The third kappa shape index (κ3) is 3.32. The van der Waals surface area contributed by atoms with E-state index in [0.29, 0.717) is 28.8 Å². The number of nitrogens with zero attached hydrogens (tertiary/aromatic N) is 2. The Labute approximate surface area is 156 Å². The second-order valence-corrected chi connectivity index (χ2v) is 9.41. The van der Waals surface area contributed by atoms with Crippen molar-refractivity contribution in [1.82, 2.24) is 15.5 Å². The Morgan fingerprint density at radius 1 is 1.26 bits per heavy atom. The first-order valence-corrected chi connectivity index (χ1v) is 10.4. The summed E-state index contributed by atoms with van der Waals surface area (Å²) in [6, 6.07) is 11.2. The van der Waals surface area contributed by atoms with Gasteiger partial charge in [-0.2, -0.15) is 0 Å². The third-order valence-electron chi connectivity index (χ3n) is 4.85. The maximum atomic E-state index is 13.1. The number of hydrogen-bond donors (Lipinski definition) is 1. The summed E-state index contributed by atoms with van der Waals surface area (Å²) in [5.41, 5.74) is 1.87. The molecule has 0 spiro atoms. The van der Waals surface area contributed by atoms with E-state index in [9.17, 15) is 13.2 Å². The van der Waals surface area contributed by atoms with Crippen LogP contribution < -0.4 is 5.32 Å². The van der Waals surface area contributed by atoms with Crippen molar-refractivity contribution in [2.75, 3.05) is 11.5 Å². The number of carbonyl (C=O) groups excluding carboxylic acids is 1. The standard InChI is InChI=1S/C19H19N3O4S/c1-12-16-14(17(23)21-19(2)8-9-27(24,25)11-19)10-15(20-18(16)26-22-12)13-6-4-3-5-7-13/h3-7,10H,8-9,11H2,1-2H3,(H,21,23). The van der Waals surface area contributed by atoms with Gasteiger partial charge in [0.05, 0.1) is 39.4 Å². The Morgan fingerprint density at radius 3 is 2.67 bits per heavy atom. The molecule has 3 aromatic rings. The van der Waals surface area contributed by atoms with Crippen LogP contribution in [0.25, 0.3) is 22.4 Å². The highest BCUT2D eigenvalue weighted by atomic mass is 32.2. The average Bonchev–Trinajstić information content (AvgIpc) is 3.14. The van der Waals surface area contributed by atoms with Gasteiger partial charge in [0.25, 0.3) is 11.6 Å². The molecule has 1 atom stereocenters. The molecular weight excluding hydrogens is 366 g/mol. The van der Waals surface area contributed by atoms with Crippen LogP contribution in [0.1, 0.15) is 29.4 Å². The van der Waals surface area contributed by atoms with Gasteiger partial charge in [-0.25, -0.2) is 13.4 Å². The van der Waals surface area contributed by atoms with Gasteiger partial charge in [-0.05, 0) is 26.3 Å². The van der Waals surface area contributed by atoms with Gasteiger partial charge in [-0.3, -0.25) is 4.79 Å². The lowest BCUT2D eigenvalue weighted by Crippen LogP contribution is -2.47. The minimum atomic E-state index is -3.13. The topological polar surface area (TPSA) is 102 Å². The Kier molecular flexibility index (Phi) is 4.03. The highest BCUT2D eigenvalue weighted by molar-refractivity contribution is 7.91. The normalized spacial score (nSPS) is 21.4. The number of aryl methyl sites for hydroxylation is 1. The average molecular weight is 385 g/mol. The van der Waals surface area contributed by atoms with Gasteiger partial charge in [0, 0.05) is 5.56 Å². The quantitative estimate of drug-likeness (QED) is 0.743. The van der Waals surface area contributed by atoms with E-state index in [1.165, 1.54) is 0 Å². The van der Waals surface area contributed by atoms with Crippen molar-refractivity contribution in [2.24, 2.45) is 0 Å². The molecule has 27 heavy (non-hydrogen) atoms. The number of benzene rings is 1. The van der Waals surface area contributed by atoms with Crippen molar-refractivity contribution >= 4 is 26.8 Å². The van der Waals surface area contributed by atoms with Crippen molar-refractivity contribution in [3.63, 3.8) is 0 Å². The summed E-state index contributed by atoms with van der Waals surface area (Å²) < 4.78 is 29.0. The highest BCUT2D eigenvalue weighted by Crippen LogP contribution is 2.29. The van der Waals surface area contributed by atoms with Crippen LogP contribution in [0.5, 0.6) is 0 Å². The van der Waals surface area contributed by atoms with Crippen LogP contribution in [0.2, 0.25) is 0 Å². The Morgan fingerprint density at radius 2 is 2.00 bits per heavy atom. The number of nitrogens with one attached hydrogen (secondary N) is 1. The van der Waals surface area contributed by atoms with Gasteiger partial charge in [0.1, 0.15) is 0 Å². The van der Waals surface area contributed by atoms with Crippen molar-refractivity contribution in [3.05, 3.63) is 47.7 Å². The van der Waals surface area contributed by atoms with Gasteiger partial charge in [-0.15, -0.1) is 0 Å². The van der Waals surface area contributed by atoms with E-state index in [1.807, 2.05) is 30.3 Å². The first-order valence-electron chi connectivity index (χ1n) is 8.62. The van der Waals surface area contributed by atoms with Crippen LogP contribution in [0, 0.1) is 6.92 Å². The summed E-state index contributed by atoms with van der Waals surface area (Å²) >= 11 is 0. The van der Waals surface area contributed by atoms with Crippen molar-refractivity contribution in [1.29, 1.82) is 0 Å². The molecule has 1 aliphatic rings. The Balaban J connectivity index is 1.78. The number of amides is 1. The monoisotopic (exact) mass is 385 g/mol. The molecule has 0 saturated carbocycles. The number of aromatic nitrogens is 2. The second-order valence-electron chi connectivity index (χ2n) is 7.23. The van der Waals surface area contributed by atoms with Crippen LogP contribution in [0.15, 0.2) is 40.9 Å². The fourth-order valence-electron chi connectivity index (χ4n) is 3.48. The number of pyridine rings is 1. The van der Waals surface area contributed by atoms with E-state index in [1.54, 1.807) is 19.9 Å². The van der Waals surface area contributed by atoms with E-state index in [-0.39, 0.29) is 23.1 Å². The maximum Gasteiger partial charge on any atom is 0.259 e. The molecule has 3 heterocycles. The number of carbonyl (C=O) groups is 1. The molecule has 8 heteroatoms. The van der Waals surface area contributed by atoms with E-state index in [4.69, 9.17) is 4.52 Å². The summed E-state index contributed by atoms with van der Waals surface area (Å²) in [5.74, 6) is -0.337. The van der Waals surface area contributed by atoms with Crippen LogP contribution in [-0.4, -0.2) is 41.5 Å². The molecule has 1 aliphatic heterocycles. The van der Waals surface area contributed by atoms with Crippen LogP contribution in [0.4, 0.5) is 0 Å². The lowest BCUT2D eigenvalue weighted by Gasteiger charge is -2.24. The van der Waals surface area contributed by atoms with E-state index < -0.39 is 15.4 Å². The summed E-state index contributed by atoms with van der Waals surface area (Å²) in [5, 5.41) is 7.37. The lowest BCUT2D eigenvalue weighted by atomic mass is 10.00. The summed E-state index contributed by atoms with van der Waals surface area (Å²) in [4.78, 5) is 17.5. The van der Waals surface area contributed by atoms with Crippen LogP contribution >= 0.6 is 0 Å². The number of rotatable bonds is 3. The summed E-state index contributed by atoms with van der Waals surface area (Å²) in [7, 11) is -3.13. The molecule has 1 fully saturated rings. The van der Waals surface area contributed by atoms with Crippen LogP contribution in [-0.2, 0) is 9.84 Å². The fourth-order valence-corrected chi connectivity index (χ4v) is 5.57. The molecule has 1 unspecified atom stereocenters. The van der Waals surface area contributed by atoms with Gasteiger partial charge in [-0.1, -0.05) is 35.5 Å². The minimum Gasteiger partial charge on any atom is -0.346 e. The van der Waals surface area contributed by atoms with Crippen molar-refractivity contribution in [3.8, 4) is 11.3 Å². The number of fused-ring (bicyclic) bond motifs is 1. The molecule has 0 bridgehead atoms. The first-order chi connectivity index (χ1) is 12.8. The molecule has 1 amide bonds. The van der Waals surface area contributed by atoms with E-state index in [0.717, 1.165) is 5.56 Å².